The lowest BCUT2D eigenvalue weighted by molar-refractivity contribution is -0.166. The lowest BCUT2D eigenvalue weighted by Crippen LogP contribution is -2.65. The number of carbonyl (C=O) groups is 2. The molecule has 0 aliphatic carbocycles. The molecule has 1 unspecified atom stereocenters. The summed E-state index contributed by atoms with van der Waals surface area (Å²) in [6, 6.07) is 24.0. The predicted molar refractivity (Wildman–Crippen MR) is 145 cm³/mol. The van der Waals surface area contributed by atoms with Crippen molar-refractivity contribution in [1.29, 1.82) is 0 Å². The first-order valence-corrected chi connectivity index (χ1v) is 13.0. The van der Waals surface area contributed by atoms with E-state index in [-0.39, 0.29) is 43.7 Å². The van der Waals surface area contributed by atoms with Gasteiger partial charge in [0.2, 0.25) is 5.91 Å². The van der Waals surface area contributed by atoms with E-state index in [4.69, 9.17) is 18.9 Å². The number of carbonyl (C=O) groups excluding carboxylic acids is 2. The number of hydrogen-bond acceptors (Lipinski definition) is 7. The highest BCUT2D eigenvalue weighted by Crippen LogP contribution is 2.44. The van der Waals surface area contributed by atoms with Gasteiger partial charge >= 0.3 is 6.16 Å². The largest absolute Gasteiger partial charge is 0.508 e. The number of aliphatic hydroxyl groups is 1. The third-order valence-electron chi connectivity index (χ3n) is 7.17. The molecule has 1 aliphatic heterocycles. The van der Waals surface area contributed by atoms with Gasteiger partial charge in [0.1, 0.15) is 18.1 Å². The summed E-state index contributed by atoms with van der Waals surface area (Å²) in [5.41, 5.74) is 2.70. The highest BCUT2D eigenvalue weighted by Gasteiger charge is 2.52. The number of nitrogens with zero attached hydrogens (tertiary/aromatic N) is 1. The average molecular weight is 534 g/mol. The molecule has 0 saturated carbocycles. The molecule has 39 heavy (non-hydrogen) atoms. The molecule has 0 bridgehead atoms. The third kappa shape index (κ3) is 6.52. The molecular weight excluding hydrogens is 498 g/mol. The second kappa shape index (κ2) is 13.2. The molecular formula is C31H35NO7. The SMILES string of the molecule is COc1ccc(C(c2ccc(OC)cc2)N2C(=O)C(CCOC(=O)OCc3ccccc3)[C@H]2[C@@H](C)CO)cc1. The zero-order chi connectivity index (χ0) is 27.8. The molecule has 1 amide bonds. The van der Waals surface area contributed by atoms with Gasteiger partial charge in [-0.05, 0) is 47.4 Å². The van der Waals surface area contributed by atoms with Gasteiger partial charge in [0.05, 0.1) is 32.8 Å². The topological polar surface area (TPSA) is 94.5 Å². The molecule has 1 N–H and O–H groups in total. The van der Waals surface area contributed by atoms with E-state index < -0.39 is 12.1 Å². The second-order valence-electron chi connectivity index (χ2n) is 9.61. The van der Waals surface area contributed by atoms with Crippen LogP contribution in [0.5, 0.6) is 11.5 Å². The molecule has 206 valence electrons. The number of ether oxygens (including phenoxy) is 4. The Morgan fingerprint density at radius 2 is 1.44 bits per heavy atom. The van der Waals surface area contributed by atoms with Gasteiger partial charge in [0, 0.05) is 18.6 Å². The van der Waals surface area contributed by atoms with Crippen LogP contribution in [-0.2, 0) is 20.9 Å². The van der Waals surface area contributed by atoms with Gasteiger partial charge in [-0.2, -0.15) is 0 Å². The number of rotatable bonds is 12. The first-order chi connectivity index (χ1) is 19.0. The van der Waals surface area contributed by atoms with Gasteiger partial charge in [-0.25, -0.2) is 4.79 Å². The van der Waals surface area contributed by atoms with Gasteiger partial charge in [-0.15, -0.1) is 0 Å². The summed E-state index contributed by atoms with van der Waals surface area (Å²) in [5, 5.41) is 10.1. The van der Waals surface area contributed by atoms with Crippen molar-refractivity contribution in [3.8, 4) is 11.5 Å². The van der Waals surface area contributed by atoms with E-state index in [1.807, 2.05) is 90.7 Å². The summed E-state index contributed by atoms with van der Waals surface area (Å²) in [4.78, 5) is 27.6. The predicted octanol–water partition coefficient (Wildman–Crippen LogP) is 4.99. The Bertz CT molecular complexity index is 1170. The smallest absolute Gasteiger partial charge is 0.497 e. The van der Waals surface area contributed by atoms with E-state index in [0.717, 1.165) is 28.2 Å². The van der Waals surface area contributed by atoms with E-state index in [1.165, 1.54) is 0 Å². The van der Waals surface area contributed by atoms with Crippen LogP contribution in [0.15, 0.2) is 78.9 Å². The maximum atomic E-state index is 13.6. The number of aliphatic hydroxyl groups excluding tert-OH is 1. The van der Waals surface area contributed by atoms with Crippen molar-refractivity contribution in [1.82, 2.24) is 4.90 Å². The summed E-state index contributed by atoms with van der Waals surface area (Å²) in [5.74, 6) is 0.802. The minimum Gasteiger partial charge on any atom is -0.497 e. The summed E-state index contributed by atoms with van der Waals surface area (Å²) in [7, 11) is 3.22. The molecule has 1 fully saturated rings. The fraction of sp³-hybridized carbons (Fsp3) is 0.355. The second-order valence-corrected chi connectivity index (χ2v) is 9.61. The van der Waals surface area contributed by atoms with Crippen molar-refractivity contribution in [3.63, 3.8) is 0 Å². The van der Waals surface area contributed by atoms with Crippen LogP contribution in [0.25, 0.3) is 0 Å². The quantitative estimate of drug-likeness (QED) is 0.259. The fourth-order valence-corrected chi connectivity index (χ4v) is 5.08. The highest BCUT2D eigenvalue weighted by atomic mass is 16.7. The van der Waals surface area contributed by atoms with Gasteiger partial charge in [-0.1, -0.05) is 61.5 Å². The molecule has 3 aromatic carbocycles. The minimum absolute atomic E-state index is 0.0439. The molecule has 4 rings (SSSR count). The van der Waals surface area contributed by atoms with Gasteiger partial charge in [-0.3, -0.25) is 4.79 Å². The fourth-order valence-electron chi connectivity index (χ4n) is 5.08. The van der Waals surface area contributed by atoms with Gasteiger partial charge < -0.3 is 29.0 Å². The number of β-lactam (4-membered cyclic amide) rings is 1. The normalized spacial score (nSPS) is 17.4. The summed E-state index contributed by atoms with van der Waals surface area (Å²) in [6.07, 6.45) is -0.438. The molecule has 0 aromatic heterocycles. The minimum atomic E-state index is -0.774. The standard InChI is InChI=1S/C31H35NO7/c1-21(19-33)28-27(17-18-38-31(35)39-20-22-7-5-4-6-8-22)30(34)32(28)29(23-9-13-25(36-2)14-10-23)24-11-15-26(37-3)16-12-24/h4-16,21,27-29,33H,17-20H2,1-3H3/t21-,27?,28+/m0/s1. The monoisotopic (exact) mass is 533 g/mol. The maximum Gasteiger partial charge on any atom is 0.508 e. The first-order valence-electron chi connectivity index (χ1n) is 13.0. The van der Waals surface area contributed by atoms with Gasteiger partial charge in [0.25, 0.3) is 0 Å². The van der Waals surface area contributed by atoms with Crippen molar-refractivity contribution in [2.24, 2.45) is 11.8 Å². The zero-order valence-electron chi connectivity index (χ0n) is 22.5. The van der Waals surface area contributed by atoms with Crippen molar-refractivity contribution < 1.29 is 33.6 Å². The zero-order valence-corrected chi connectivity index (χ0v) is 22.5. The van der Waals surface area contributed by atoms with Crippen LogP contribution in [0.2, 0.25) is 0 Å². The van der Waals surface area contributed by atoms with Crippen LogP contribution in [0.4, 0.5) is 4.79 Å². The lowest BCUT2D eigenvalue weighted by atomic mass is 9.75. The number of likely N-dealkylation sites (tertiary alicyclic amines) is 1. The molecule has 8 heteroatoms. The Kier molecular flexibility index (Phi) is 9.44. The molecule has 0 radical (unpaired) electrons. The van der Waals surface area contributed by atoms with E-state index in [1.54, 1.807) is 14.2 Å². The number of benzene rings is 3. The lowest BCUT2D eigenvalue weighted by Gasteiger charge is -2.53. The van der Waals surface area contributed by atoms with Crippen LogP contribution >= 0.6 is 0 Å². The average Bonchev–Trinajstić information content (AvgIpc) is 2.99. The van der Waals surface area contributed by atoms with Crippen LogP contribution in [0.3, 0.4) is 0 Å². The van der Waals surface area contributed by atoms with Crippen LogP contribution in [0.1, 0.15) is 36.1 Å². The summed E-state index contributed by atoms with van der Waals surface area (Å²) < 4.78 is 21.1. The van der Waals surface area contributed by atoms with Gasteiger partial charge in [0.15, 0.2) is 0 Å². The van der Waals surface area contributed by atoms with Crippen molar-refractivity contribution in [2.75, 3.05) is 27.4 Å². The molecule has 3 atom stereocenters. The Balaban J connectivity index is 1.49. The molecule has 0 spiro atoms. The van der Waals surface area contributed by atoms with Crippen molar-refractivity contribution in [2.45, 2.75) is 32.0 Å². The highest BCUT2D eigenvalue weighted by molar-refractivity contribution is 5.87. The van der Waals surface area contributed by atoms with Crippen LogP contribution < -0.4 is 9.47 Å². The summed E-state index contributed by atoms with van der Waals surface area (Å²) >= 11 is 0. The van der Waals surface area contributed by atoms with Crippen LogP contribution in [-0.4, -0.2) is 55.5 Å². The van der Waals surface area contributed by atoms with E-state index in [9.17, 15) is 14.7 Å². The molecule has 3 aromatic rings. The number of hydrogen-bond donors (Lipinski definition) is 1. The van der Waals surface area contributed by atoms with E-state index >= 15 is 0 Å². The Hall–Kier alpha value is -4.04. The Labute approximate surface area is 229 Å². The van der Waals surface area contributed by atoms with Crippen molar-refractivity contribution >= 4 is 12.1 Å². The summed E-state index contributed by atoms with van der Waals surface area (Å²) in [6.45, 7) is 2.00. The number of amides is 1. The van der Waals surface area contributed by atoms with Crippen molar-refractivity contribution in [3.05, 3.63) is 95.6 Å². The maximum absolute atomic E-state index is 13.6. The first kappa shape index (κ1) is 28.0. The van der Waals surface area contributed by atoms with E-state index in [0.29, 0.717) is 6.42 Å². The number of methoxy groups -OCH3 is 2. The molecule has 8 nitrogen and oxygen atoms in total. The van der Waals surface area contributed by atoms with Crippen LogP contribution in [0, 0.1) is 11.8 Å². The molecule has 1 saturated heterocycles. The Morgan fingerprint density at radius 1 is 0.872 bits per heavy atom. The molecule has 1 heterocycles. The molecule has 1 aliphatic rings. The Morgan fingerprint density at radius 3 is 1.95 bits per heavy atom. The van der Waals surface area contributed by atoms with E-state index in [2.05, 4.69) is 0 Å². The third-order valence-corrected chi connectivity index (χ3v) is 7.17.